The Morgan fingerprint density at radius 1 is 1.04 bits per heavy atom. The fourth-order valence-corrected chi connectivity index (χ4v) is 3.17. The zero-order chi connectivity index (χ0) is 17.9. The molecular formula is C19H13FN4OS. The Morgan fingerprint density at radius 3 is 2.62 bits per heavy atom. The average molecular weight is 364 g/mol. The van der Waals surface area contributed by atoms with Crippen LogP contribution in [0.15, 0.2) is 72.1 Å². The molecule has 5 nitrogen and oxygen atoms in total. The number of carbonyl (C=O) groups is 1. The number of hydrogen-bond acceptors (Lipinski definition) is 4. The van der Waals surface area contributed by atoms with Crippen LogP contribution < -0.4 is 5.32 Å². The SMILES string of the molecule is O=C(Nc1ccccc1)c1nc(-c2cccs2)n(-c2cccc(F)c2)n1. The molecule has 1 N–H and O–H groups in total. The van der Waals surface area contributed by atoms with Crippen molar-refractivity contribution in [2.75, 3.05) is 5.32 Å². The highest BCUT2D eigenvalue weighted by Gasteiger charge is 2.19. The Hall–Kier alpha value is -3.32. The summed E-state index contributed by atoms with van der Waals surface area (Å²) in [4.78, 5) is 17.7. The van der Waals surface area contributed by atoms with Crippen LogP contribution in [0.1, 0.15) is 10.6 Å². The molecule has 0 bridgehead atoms. The molecule has 0 fully saturated rings. The number of anilines is 1. The summed E-state index contributed by atoms with van der Waals surface area (Å²) in [6.45, 7) is 0. The van der Waals surface area contributed by atoms with Gasteiger partial charge in [0.2, 0.25) is 5.82 Å². The first kappa shape index (κ1) is 16.2. The maximum Gasteiger partial charge on any atom is 0.295 e. The zero-order valence-electron chi connectivity index (χ0n) is 13.5. The number of aromatic nitrogens is 3. The monoisotopic (exact) mass is 364 g/mol. The van der Waals surface area contributed by atoms with Gasteiger partial charge in [0, 0.05) is 5.69 Å². The quantitative estimate of drug-likeness (QED) is 0.584. The van der Waals surface area contributed by atoms with Gasteiger partial charge in [0.15, 0.2) is 5.82 Å². The Bertz CT molecular complexity index is 1040. The molecular weight excluding hydrogens is 351 g/mol. The molecule has 4 rings (SSSR count). The number of nitrogens with one attached hydrogen (secondary N) is 1. The molecule has 26 heavy (non-hydrogen) atoms. The van der Waals surface area contributed by atoms with Gasteiger partial charge in [-0.3, -0.25) is 4.79 Å². The van der Waals surface area contributed by atoms with Crippen molar-refractivity contribution < 1.29 is 9.18 Å². The second-order valence-corrected chi connectivity index (χ2v) is 6.40. The zero-order valence-corrected chi connectivity index (χ0v) is 14.3. The van der Waals surface area contributed by atoms with Gasteiger partial charge in [-0.05, 0) is 41.8 Å². The number of benzene rings is 2. The highest BCUT2D eigenvalue weighted by molar-refractivity contribution is 7.13. The van der Waals surface area contributed by atoms with Crippen LogP contribution in [0.2, 0.25) is 0 Å². The molecule has 0 atom stereocenters. The number of carbonyl (C=O) groups excluding carboxylic acids is 1. The first-order valence-corrected chi connectivity index (χ1v) is 8.72. The third-order valence-electron chi connectivity index (χ3n) is 3.64. The maximum absolute atomic E-state index is 13.6. The molecule has 0 unspecified atom stereocenters. The normalized spacial score (nSPS) is 10.7. The third kappa shape index (κ3) is 3.25. The van der Waals surface area contributed by atoms with Gasteiger partial charge in [0.25, 0.3) is 5.91 Å². The van der Waals surface area contributed by atoms with Crippen LogP contribution in [0.25, 0.3) is 16.4 Å². The molecule has 2 heterocycles. The van der Waals surface area contributed by atoms with E-state index in [2.05, 4.69) is 15.4 Å². The minimum absolute atomic E-state index is 0.0153. The summed E-state index contributed by atoms with van der Waals surface area (Å²) < 4.78 is 15.1. The molecule has 7 heteroatoms. The fourth-order valence-electron chi connectivity index (χ4n) is 2.47. The topological polar surface area (TPSA) is 59.8 Å². The molecule has 0 aliphatic carbocycles. The highest BCUT2D eigenvalue weighted by atomic mass is 32.1. The Kier molecular flexibility index (Phi) is 4.28. The molecule has 0 spiro atoms. The van der Waals surface area contributed by atoms with Gasteiger partial charge in [-0.25, -0.2) is 14.1 Å². The molecule has 1 amide bonds. The number of amides is 1. The van der Waals surface area contributed by atoms with E-state index in [4.69, 9.17) is 0 Å². The third-order valence-corrected chi connectivity index (χ3v) is 4.50. The number of para-hydroxylation sites is 1. The predicted molar refractivity (Wildman–Crippen MR) is 99.0 cm³/mol. The van der Waals surface area contributed by atoms with Crippen LogP contribution in [-0.4, -0.2) is 20.7 Å². The van der Waals surface area contributed by atoms with Crippen molar-refractivity contribution in [2.45, 2.75) is 0 Å². The first-order chi connectivity index (χ1) is 12.7. The summed E-state index contributed by atoms with van der Waals surface area (Å²) in [5.41, 5.74) is 1.15. The molecule has 128 valence electrons. The molecule has 0 saturated carbocycles. The van der Waals surface area contributed by atoms with E-state index in [9.17, 15) is 9.18 Å². The number of nitrogens with zero attached hydrogens (tertiary/aromatic N) is 3. The molecule has 2 aromatic carbocycles. The number of rotatable bonds is 4. The van der Waals surface area contributed by atoms with E-state index in [0.717, 1.165) is 4.88 Å². The van der Waals surface area contributed by atoms with E-state index < -0.39 is 5.91 Å². The van der Waals surface area contributed by atoms with Crippen LogP contribution in [-0.2, 0) is 0 Å². The predicted octanol–water partition coefficient (Wildman–Crippen LogP) is 4.39. The van der Waals surface area contributed by atoms with E-state index in [-0.39, 0.29) is 11.6 Å². The van der Waals surface area contributed by atoms with E-state index in [1.54, 1.807) is 24.3 Å². The van der Waals surface area contributed by atoms with Crippen LogP contribution >= 0.6 is 11.3 Å². The lowest BCUT2D eigenvalue weighted by atomic mass is 10.3. The standard InChI is InChI=1S/C19H13FN4OS/c20-13-6-4-9-15(12-13)24-18(16-10-5-11-26-16)22-17(23-24)19(25)21-14-7-2-1-3-8-14/h1-12H,(H,21,25). The maximum atomic E-state index is 13.6. The molecule has 4 aromatic rings. The van der Waals surface area contributed by atoms with E-state index in [0.29, 0.717) is 17.2 Å². The van der Waals surface area contributed by atoms with E-state index >= 15 is 0 Å². The fraction of sp³-hybridized carbons (Fsp3) is 0. The van der Waals surface area contributed by atoms with Crippen molar-refractivity contribution in [1.82, 2.24) is 14.8 Å². The lowest BCUT2D eigenvalue weighted by Crippen LogP contribution is -2.14. The van der Waals surface area contributed by atoms with Gasteiger partial charge >= 0.3 is 0 Å². The summed E-state index contributed by atoms with van der Waals surface area (Å²) in [7, 11) is 0. The second-order valence-electron chi connectivity index (χ2n) is 5.45. The molecule has 0 saturated heterocycles. The van der Waals surface area contributed by atoms with Crippen molar-refractivity contribution in [1.29, 1.82) is 0 Å². The van der Waals surface area contributed by atoms with E-state index in [1.165, 1.54) is 28.2 Å². The van der Waals surface area contributed by atoms with Gasteiger partial charge in [-0.15, -0.1) is 16.4 Å². The van der Waals surface area contributed by atoms with Crippen LogP contribution in [0.3, 0.4) is 0 Å². The minimum Gasteiger partial charge on any atom is -0.319 e. The first-order valence-electron chi connectivity index (χ1n) is 7.84. The van der Waals surface area contributed by atoms with Gasteiger partial charge in [0.1, 0.15) is 5.82 Å². The second kappa shape index (κ2) is 6.89. The van der Waals surface area contributed by atoms with Crippen molar-refractivity contribution in [3.05, 3.63) is 83.8 Å². The lowest BCUT2D eigenvalue weighted by molar-refractivity contribution is 0.101. The van der Waals surface area contributed by atoms with Crippen molar-refractivity contribution >= 4 is 22.9 Å². The van der Waals surface area contributed by atoms with Crippen LogP contribution in [0.5, 0.6) is 0 Å². The summed E-state index contributed by atoms with van der Waals surface area (Å²) >= 11 is 1.47. The lowest BCUT2D eigenvalue weighted by Gasteiger charge is -2.04. The van der Waals surface area contributed by atoms with Crippen LogP contribution in [0.4, 0.5) is 10.1 Å². The van der Waals surface area contributed by atoms with Crippen molar-refractivity contribution in [2.24, 2.45) is 0 Å². The largest absolute Gasteiger partial charge is 0.319 e. The summed E-state index contributed by atoms with van der Waals surface area (Å²) in [5, 5.41) is 8.97. The van der Waals surface area contributed by atoms with Gasteiger partial charge < -0.3 is 5.32 Å². The Morgan fingerprint density at radius 2 is 1.88 bits per heavy atom. The smallest absolute Gasteiger partial charge is 0.295 e. The van der Waals surface area contributed by atoms with Crippen molar-refractivity contribution in [3.63, 3.8) is 0 Å². The molecule has 2 aromatic heterocycles. The molecule has 0 radical (unpaired) electrons. The summed E-state index contributed by atoms with van der Waals surface area (Å²) in [5.74, 6) is -0.306. The van der Waals surface area contributed by atoms with Crippen LogP contribution in [0, 0.1) is 5.82 Å². The minimum atomic E-state index is -0.427. The average Bonchev–Trinajstić information content (AvgIpc) is 3.32. The van der Waals surface area contributed by atoms with Gasteiger partial charge in [0.05, 0.1) is 10.6 Å². The summed E-state index contributed by atoms with van der Waals surface area (Å²) in [6, 6.07) is 18.8. The van der Waals surface area contributed by atoms with Gasteiger partial charge in [-0.2, -0.15) is 0 Å². The molecule has 0 aliphatic rings. The number of thiophene rings is 1. The number of halogens is 1. The highest BCUT2D eigenvalue weighted by Crippen LogP contribution is 2.26. The van der Waals surface area contributed by atoms with E-state index in [1.807, 2.05) is 35.7 Å². The van der Waals surface area contributed by atoms with Gasteiger partial charge in [-0.1, -0.05) is 30.3 Å². The Balaban J connectivity index is 1.75. The number of hydrogen-bond donors (Lipinski definition) is 1. The Labute approximate surface area is 152 Å². The molecule has 0 aliphatic heterocycles. The summed E-state index contributed by atoms with van der Waals surface area (Å²) in [6.07, 6.45) is 0. The van der Waals surface area contributed by atoms with Crippen molar-refractivity contribution in [3.8, 4) is 16.4 Å².